The molecule has 0 unspecified atom stereocenters. The van der Waals surface area contributed by atoms with Gasteiger partial charge >= 0.3 is 0 Å². The maximum absolute atomic E-state index is 9.48. The normalized spacial score (nSPS) is 10.8. The monoisotopic (exact) mass is 231 g/mol. The fourth-order valence-electron chi connectivity index (χ4n) is 2.06. The molecule has 0 aliphatic carbocycles. The highest BCUT2D eigenvalue weighted by molar-refractivity contribution is 5.41. The van der Waals surface area contributed by atoms with Crippen LogP contribution in [0.25, 0.3) is 5.69 Å². The second kappa shape index (κ2) is 4.59. The Bertz CT molecular complexity index is 531. The number of aryl methyl sites for hydroxylation is 1. The highest BCUT2D eigenvalue weighted by atomic mass is 16.3. The van der Waals surface area contributed by atoms with E-state index in [1.54, 1.807) is 12.1 Å². The summed E-state index contributed by atoms with van der Waals surface area (Å²) in [6, 6.07) is 7.08. The number of rotatable bonds is 3. The van der Waals surface area contributed by atoms with E-state index >= 15 is 0 Å². The van der Waals surface area contributed by atoms with Crippen LogP contribution < -0.4 is 5.73 Å². The molecule has 0 radical (unpaired) electrons. The molecule has 0 aliphatic heterocycles. The molecule has 1 aromatic carbocycles. The second-order valence-corrected chi connectivity index (χ2v) is 4.12. The van der Waals surface area contributed by atoms with Crippen LogP contribution in [0.2, 0.25) is 0 Å². The Labute approximate surface area is 101 Å². The number of hydrogen-bond donors (Lipinski definition) is 2. The molecule has 4 nitrogen and oxygen atoms in total. The summed E-state index contributed by atoms with van der Waals surface area (Å²) < 4.78 is 1.85. The Morgan fingerprint density at radius 2 is 2.12 bits per heavy atom. The minimum atomic E-state index is 0.246. The molecule has 0 bridgehead atoms. The molecule has 0 spiro atoms. The Morgan fingerprint density at radius 1 is 1.35 bits per heavy atom. The van der Waals surface area contributed by atoms with Gasteiger partial charge in [-0.15, -0.1) is 0 Å². The van der Waals surface area contributed by atoms with Gasteiger partial charge in [0.15, 0.2) is 0 Å². The van der Waals surface area contributed by atoms with E-state index in [-0.39, 0.29) is 5.75 Å². The van der Waals surface area contributed by atoms with Crippen LogP contribution in [0, 0.1) is 13.8 Å². The molecule has 4 heteroatoms. The number of phenolic OH excluding ortho intramolecular Hbond substituents is 1. The van der Waals surface area contributed by atoms with E-state index in [4.69, 9.17) is 5.73 Å². The number of hydrogen-bond acceptors (Lipinski definition) is 3. The van der Waals surface area contributed by atoms with Crippen molar-refractivity contribution in [2.24, 2.45) is 5.73 Å². The lowest BCUT2D eigenvalue weighted by Crippen LogP contribution is -2.05. The van der Waals surface area contributed by atoms with Crippen molar-refractivity contribution in [1.82, 2.24) is 9.78 Å². The summed E-state index contributed by atoms with van der Waals surface area (Å²) in [6.07, 6.45) is 0.830. The molecule has 0 saturated carbocycles. The molecule has 0 aliphatic rings. The third-order valence-corrected chi connectivity index (χ3v) is 2.91. The summed E-state index contributed by atoms with van der Waals surface area (Å²) in [6.45, 7) is 4.62. The SMILES string of the molecule is Cc1nn(-c2cccc(O)c2)c(C)c1CCN. The van der Waals surface area contributed by atoms with Gasteiger partial charge in [0.25, 0.3) is 0 Å². The van der Waals surface area contributed by atoms with Crippen molar-refractivity contribution in [3.8, 4) is 11.4 Å². The Balaban J connectivity index is 2.50. The predicted octanol–water partition coefficient (Wildman–Crippen LogP) is 1.70. The summed E-state index contributed by atoms with van der Waals surface area (Å²) in [5.41, 5.74) is 9.73. The highest BCUT2D eigenvalue weighted by Gasteiger charge is 2.11. The summed E-state index contributed by atoms with van der Waals surface area (Å²) in [5.74, 6) is 0.246. The standard InChI is InChI=1S/C13H17N3O/c1-9-13(6-7-14)10(2)16(15-9)11-4-3-5-12(17)8-11/h3-5,8,17H,6-7,14H2,1-2H3. The first kappa shape index (κ1) is 11.7. The lowest BCUT2D eigenvalue weighted by molar-refractivity contribution is 0.474. The predicted molar refractivity (Wildman–Crippen MR) is 67.5 cm³/mol. The Hall–Kier alpha value is -1.81. The molecular formula is C13H17N3O. The zero-order valence-electron chi connectivity index (χ0n) is 10.1. The first-order valence-electron chi connectivity index (χ1n) is 5.68. The quantitative estimate of drug-likeness (QED) is 0.845. The summed E-state index contributed by atoms with van der Waals surface area (Å²) >= 11 is 0. The van der Waals surface area contributed by atoms with E-state index in [0.717, 1.165) is 23.5 Å². The van der Waals surface area contributed by atoms with Crippen molar-refractivity contribution in [3.63, 3.8) is 0 Å². The maximum atomic E-state index is 9.48. The third kappa shape index (κ3) is 2.17. The van der Waals surface area contributed by atoms with E-state index in [1.165, 1.54) is 5.56 Å². The zero-order valence-corrected chi connectivity index (χ0v) is 10.1. The zero-order chi connectivity index (χ0) is 12.4. The van der Waals surface area contributed by atoms with Gasteiger partial charge in [0.2, 0.25) is 0 Å². The maximum Gasteiger partial charge on any atom is 0.117 e. The van der Waals surface area contributed by atoms with Gasteiger partial charge in [-0.05, 0) is 44.5 Å². The Kier molecular flexibility index (Phi) is 3.15. The molecule has 2 aromatic rings. The van der Waals surface area contributed by atoms with Gasteiger partial charge in [0, 0.05) is 11.8 Å². The lowest BCUT2D eigenvalue weighted by atomic mass is 10.1. The minimum absolute atomic E-state index is 0.246. The van der Waals surface area contributed by atoms with Crippen molar-refractivity contribution >= 4 is 0 Å². The van der Waals surface area contributed by atoms with Crippen LogP contribution in [0.5, 0.6) is 5.75 Å². The molecule has 1 heterocycles. The summed E-state index contributed by atoms with van der Waals surface area (Å²) in [7, 11) is 0. The van der Waals surface area contributed by atoms with E-state index in [9.17, 15) is 5.11 Å². The van der Waals surface area contributed by atoms with E-state index in [0.29, 0.717) is 6.54 Å². The van der Waals surface area contributed by atoms with Crippen molar-refractivity contribution in [1.29, 1.82) is 0 Å². The largest absolute Gasteiger partial charge is 0.508 e. The van der Waals surface area contributed by atoms with E-state index in [2.05, 4.69) is 5.10 Å². The smallest absolute Gasteiger partial charge is 0.117 e. The molecule has 0 fully saturated rings. The van der Waals surface area contributed by atoms with Crippen molar-refractivity contribution < 1.29 is 5.11 Å². The van der Waals surface area contributed by atoms with Gasteiger partial charge in [0.1, 0.15) is 5.75 Å². The topological polar surface area (TPSA) is 64.1 Å². The van der Waals surface area contributed by atoms with Crippen LogP contribution in [0.1, 0.15) is 17.0 Å². The number of nitrogens with two attached hydrogens (primary N) is 1. The number of aromatic hydroxyl groups is 1. The molecule has 3 N–H and O–H groups in total. The molecule has 1 aromatic heterocycles. The molecular weight excluding hydrogens is 214 g/mol. The first-order valence-corrected chi connectivity index (χ1v) is 5.68. The summed E-state index contributed by atoms with van der Waals surface area (Å²) in [4.78, 5) is 0. The lowest BCUT2D eigenvalue weighted by Gasteiger charge is -2.05. The van der Waals surface area contributed by atoms with Crippen molar-refractivity contribution in [2.45, 2.75) is 20.3 Å². The van der Waals surface area contributed by atoms with Gasteiger partial charge in [-0.3, -0.25) is 0 Å². The van der Waals surface area contributed by atoms with Crippen LogP contribution in [0.15, 0.2) is 24.3 Å². The van der Waals surface area contributed by atoms with Gasteiger partial charge < -0.3 is 10.8 Å². The van der Waals surface area contributed by atoms with Crippen LogP contribution in [0.4, 0.5) is 0 Å². The van der Waals surface area contributed by atoms with Crippen LogP contribution in [-0.4, -0.2) is 21.4 Å². The van der Waals surface area contributed by atoms with Gasteiger partial charge in [0.05, 0.1) is 11.4 Å². The van der Waals surface area contributed by atoms with Crippen LogP contribution >= 0.6 is 0 Å². The molecule has 0 saturated heterocycles. The first-order chi connectivity index (χ1) is 8.13. The minimum Gasteiger partial charge on any atom is -0.508 e. The molecule has 2 rings (SSSR count). The molecule has 0 amide bonds. The number of aromatic nitrogens is 2. The third-order valence-electron chi connectivity index (χ3n) is 2.91. The van der Waals surface area contributed by atoms with E-state index in [1.807, 2.05) is 30.7 Å². The fourth-order valence-corrected chi connectivity index (χ4v) is 2.06. The number of phenols is 1. The van der Waals surface area contributed by atoms with Gasteiger partial charge in [-0.1, -0.05) is 6.07 Å². The van der Waals surface area contributed by atoms with E-state index < -0.39 is 0 Å². The average molecular weight is 231 g/mol. The highest BCUT2D eigenvalue weighted by Crippen LogP contribution is 2.20. The van der Waals surface area contributed by atoms with Crippen molar-refractivity contribution in [3.05, 3.63) is 41.2 Å². The summed E-state index contributed by atoms with van der Waals surface area (Å²) in [5, 5.41) is 14.0. The average Bonchev–Trinajstić information content (AvgIpc) is 2.57. The van der Waals surface area contributed by atoms with Gasteiger partial charge in [-0.2, -0.15) is 5.10 Å². The Morgan fingerprint density at radius 3 is 2.76 bits per heavy atom. The van der Waals surface area contributed by atoms with Crippen LogP contribution in [0.3, 0.4) is 0 Å². The fraction of sp³-hybridized carbons (Fsp3) is 0.308. The molecule has 0 atom stereocenters. The number of nitrogens with zero attached hydrogens (tertiary/aromatic N) is 2. The second-order valence-electron chi connectivity index (χ2n) is 4.12. The van der Waals surface area contributed by atoms with Crippen LogP contribution in [-0.2, 0) is 6.42 Å². The number of benzene rings is 1. The van der Waals surface area contributed by atoms with Gasteiger partial charge in [-0.25, -0.2) is 4.68 Å². The molecule has 17 heavy (non-hydrogen) atoms. The van der Waals surface area contributed by atoms with Crippen molar-refractivity contribution in [2.75, 3.05) is 6.54 Å². The molecule has 90 valence electrons.